The summed E-state index contributed by atoms with van der Waals surface area (Å²) in [7, 11) is 0. The second-order valence-corrected chi connectivity index (χ2v) is 13.7. The van der Waals surface area contributed by atoms with Crippen LogP contribution in [-0.2, 0) is 9.47 Å². The Hall–Kier alpha value is -0.990. The molecule has 3 fully saturated rings. The molecule has 3 saturated carbocycles. The van der Waals surface area contributed by atoms with Crippen molar-refractivity contribution in [3.8, 4) is 0 Å². The summed E-state index contributed by atoms with van der Waals surface area (Å²) < 4.78 is 10.9. The van der Waals surface area contributed by atoms with Crippen molar-refractivity contribution in [1.82, 2.24) is 0 Å². The maximum atomic E-state index is 12.1. The number of hydrogen-bond donors (Lipinski definition) is 0. The van der Waals surface area contributed by atoms with E-state index in [1.165, 1.54) is 51.4 Å². The van der Waals surface area contributed by atoms with E-state index < -0.39 is 6.16 Å². The van der Waals surface area contributed by atoms with Gasteiger partial charge in [-0.2, -0.15) is 0 Å². The predicted octanol–water partition coefficient (Wildman–Crippen LogP) is 8.96. The lowest BCUT2D eigenvalue weighted by molar-refractivity contribution is -0.0629. The largest absolute Gasteiger partial charge is 0.508 e. The fourth-order valence-corrected chi connectivity index (χ4v) is 9.11. The Kier molecular flexibility index (Phi) is 7.80. The van der Waals surface area contributed by atoms with Crippen molar-refractivity contribution in [2.45, 2.75) is 131 Å². The molecule has 8 atom stereocenters. The summed E-state index contributed by atoms with van der Waals surface area (Å²) in [5.41, 5.74) is 2.41. The molecule has 4 rings (SSSR count). The molecular weight excluding hydrogens is 420 g/mol. The van der Waals surface area contributed by atoms with E-state index in [0.29, 0.717) is 10.8 Å². The van der Waals surface area contributed by atoms with Gasteiger partial charge in [0.25, 0.3) is 0 Å². The van der Waals surface area contributed by atoms with Gasteiger partial charge in [0.05, 0.1) is 6.10 Å². The Bertz CT molecular complexity index is 754. The van der Waals surface area contributed by atoms with Gasteiger partial charge in [0, 0.05) is 6.42 Å². The number of fused-ring (bicyclic) bond motifs is 5. The van der Waals surface area contributed by atoms with Crippen molar-refractivity contribution in [2.24, 2.45) is 46.3 Å². The van der Waals surface area contributed by atoms with Gasteiger partial charge in [0.1, 0.15) is 6.10 Å². The molecule has 0 heterocycles. The summed E-state index contributed by atoms with van der Waals surface area (Å²) in [5.74, 6) is 5.18. The van der Waals surface area contributed by atoms with Crippen LogP contribution in [0, 0.1) is 46.3 Å². The number of hydrogen-bond acceptors (Lipinski definition) is 3. The number of rotatable bonds is 7. The number of carbonyl (C=O) groups excluding carboxylic acids is 1. The number of ether oxygens (including phenoxy) is 2. The lowest BCUT2D eigenvalue weighted by atomic mass is 9.47. The van der Waals surface area contributed by atoms with E-state index in [1.54, 1.807) is 5.57 Å². The van der Waals surface area contributed by atoms with Gasteiger partial charge in [-0.3, -0.25) is 0 Å². The van der Waals surface area contributed by atoms with Crippen molar-refractivity contribution in [1.29, 1.82) is 0 Å². The third-order valence-electron chi connectivity index (χ3n) is 10.9. The topological polar surface area (TPSA) is 35.5 Å². The molecule has 0 N–H and O–H groups in total. The molecule has 0 amide bonds. The SMILES string of the molecule is CC(C)CCCC(C)C1CCC2C3CC=C4CC(OC(=O)OC(C)C)CCC4(C)C3CCC12C. The standard InChI is InChI=1S/C31H52O3/c1-20(2)9-8-10-22(5)26-13-14-27-25-12-11-23-19-24(34-29(32)33-21(3)4)15-17-30(23,6)28(25)16-18-31(26,27)7/h11,20-22,24-28H,8-10,12-19H2,1-7H3. The third kappa shape index (κ3) is 4.96. The second kappa shape index (κ2) is 10.2. The molecule has 4 aliphatic carbocycles. The molecule has 0 spiro atoms. The minimum absolute atomic E-state index is 0.0152. The van der Waals surface area contributed by atoms with Gasteiger partial charge in [-0.1, -0.05) is 65.5 Å². The monoisotopic (exact) mass is 472 g/mol. The Balaban J connectivity index is 1.42. The van der Waals surface area contributed by atoms with Crippen LogP contribution in [0.25, 0.3) is 0 Å². The summed E-state index contributed by atoms with van der Waals surface area (Å²) in [6.07, 6.45) is 16.1. The minimum Gasteiger partial charge on any atom is -0.432 e. The molecule has 0 aromatic carbocycles. The van der Waals surface area contributed by atoms with E-state index in [4.69, 9.17) is 9.47 Å². The van der Waals surface area contributed by atoms with Gasteiger partial charge in [-0.15, -0.1) is 0 Å². The Morgan fingerprint density at radius 1 is 1.00 bits per heavy atom. The highest BCUT2D eigenvalue weighted by molar-refractivity contribution is 5.60. The Morgan fingerprint density at radius 2 is 1.76 bits per heavy atom. The smallest absolute Gasteiger partial charge is 0.432 e. The van der Waals surface area contributed by atoms with Gasteiger partial charge in [-0.25, -0.2) is 4.79 Å². The van der Waals surface area contributed by atoms with E-state index in [0.717, 1.165) is 54.8 Å². The summed E-state index contributed by atoms with van der Waals surface area (Å²) in [6.45, 7) is 16.3. The molecule has 0 aliphatic heterocycles. The van der Waals surface area contributed by atoms with E-state index >= 15 is 0 Å². The van der Waals surface area contributed by atoms with Crippen LogP contribution in [0.4, 0.5) is 4.79 Å². The van der Waals surface area contributed by atoms with Crippen LogP contribution in [0.2, 0.25) is 0 Å². The first-order valence-corrected chi connectivity index (χ1v) is 14.6. The van der Waals surface area contributed by atoms with Crippen LogP contribution >= 0.6 is 0 Å². The summed E-state index contributed by atoms with van der Waals surface area (Å²) in [6, 6.07) is 0. The van der Waals surface area contributed by atoms with E-state index in [2.05, 4.69) is 40.7 Å². The zero-order chi connectivity index (χ0) is 24.7. The van der Waals surface area contributed by atoms with E-state index in [9.17, 15) is 4.79 Å². The lowest BCUT2D eigenvalue weighted by Crippen LogP contribution is -2.51. The van der Waals surface area contributed by atoms with Crippen molar-refractivity contribution in [3.63, 3.8) is 0 Å². The molecule has 194 valence electrons. The third-order valence-corrected chi connectivity index (χ3v) is 10.9. The minimum atomic E-state index is -0.495. The average Bonchev–Trinajstić information content (AvgIpc) is 3.10. The fraction of sp³-hybridized carbons (Fsp3) is 0.903. The average molecular weight is 473 g/mol. The maximum Gasteiger partial charge on any atom is 0.508 e. The normalized spacial score (nSPS) is 40.3. The highest BCUT2D eigenvalue weighted by atomic mass is 16.7. The summed E-state index contributed by atoms with van der Waals surface area (Å²) >= 11 is 0. The molecular formula is C31H52O3. The highest BCUT2D eigenvalue weighted by Gasteiger charge is 2.59. The Labute approximate surface area is 209 Å². The van der Waals surface area contributed by atoms with Crippen LogP contribution in [0.1, 0.15) is 119 Å². The van der Waals surface area contributed by atoms with Crippen LogP contribution in [0.5, 0.6) is 0 Å². The first-order chi connectivity index (χ1) is 16.0. The van der Waals surface area contributed by atoms with Crippen LogP contribution in [-0.4, -0.2) is 18.4 Å². The zero-order valence-corrected chi connectivity index (χ0v) is 23.2. The molecule has 0 bridgehead atoms. The van der Waals surface area contributed by atoms with Crippen molar-refractivity contribution < 1.29 is 14.3 Å². The van der Waals surface area contributed by atoms with E-state index in [1.807, 2.05) is 13.8 Å². The molecule has 3 heteroatoms. The number of allylic oxidation sites excluding steroid dienone is 1. The first-order valence-electron chi connectivity index (χ1n) is 14.6. The molecule has 8 unspecified atom stereocenters. The zero-order valence-electron chi connectivity index (χ0n) is 23.2. The van der Waals surface area contributed by atoms with Crippen LogP contribution in [0.15, 0.2) is 11.6 Å². The summed E-state index contributed by atoms with van der Waals surface area (Å²) in [5, 5.41) is 0. The fourth-order valence-electron chi connectivity index (χ4n) is 9.11. The highest BCUT2D eigenvalue weighted by Crippen LogP contribution is 2.67. The summed E-state index contributed by atoms with van der Waals surface area (Å²) in [4.78, 5) is 12.1. The molecule has 0 radical (unpaired) electrons. The molecule has 3 nitrogen and oxygen atoms in total. The first kappa shape index (κ1) is 26.1. The molecule has 34 heavy (non-hydrogen) atoms. The molecule has 0 saturated heterocycles. The van der Waals surface area contributed by atoms with E-state index in [-0.39, 0.29) is 12.2 Å². The predicted molar refractivity (Wildman–Crippen MR) is 140 cm³/mol. The van der Waals surface area contributed by atoms with Crippen LogP contribution in [0.3, 0.4) is 0 Å². The van der Waals surface area contributed by atoms with Crippen molar-refractivity contribution in [3.05, 3.63) is 11.6 Å². The molecule has 0 aromatic heterocycles. The van der Waals surface area contributed by atoms with Gasteiger partial charge in [-0.05, 0) is 105 Å². The van der Waals surface area contributed by atoms with Crippen molar-refractivity contribution >= 4 is 6.16 Å². The Morgan fingerprint density at radius 3 is 2.47 bits per heavy atom. The molecule has 0 aromatic rings. The van der Waals surface area contributed by atoms with Gasteiger partial charge >= 0.3 is 6.16 Å². The van der Waals surface area contributed by atoms with Crippen molar-refractivity contribution in [2.75, 3.05) is 0 Å². The van der Waals surface area contributed by atoms with Gasteiger partial charge in [0.15, 0.2) is 0 Å². The molecule has 4 aliphatic rings. The van der Waals surface area contributed by atoms with Crippen LogP contribution < -0.4 is 0 Å². The van der Waals surface area contributed by atoms with Gasteiger partial charge in [0.2, 0.25) is 0 Å². The quantitative estimate of drug-likeness (QED) is 0.274. The maximum absolute atomic E-state index is 12.1. The number of carbonyl (C=O) groups is 1. The van der Waals surface area contributed by atoms with Gasteiger partial charge < -0.3 is 9.47 Å². The second-order valence-electron chi connectivity index (χ2n) is 13.7. The lowest BCUT2D eigenvalue weighted by Gasteiger charge is -2.58.